The van der Waals surface area contributed by atoms with E-state index in [4.69, 9.17) is 4.74 Å². The van der Waals surface area contributed by atoms with Crippen LogP contribution in [0, 0.1) is 5.82 Å². The van der Waals surface area contributed by atoms with Crippen LogP contribution in [-0.4, -0.2) is 45.4 Å². The lowest BCUT2D eigenvalue weighted by Gasteiger charge is -2.31. The van der Waals surface area contributed by atoms with Gasteiger partial charge >= 0.3 is 5.69 Å². The Morgan fingerprint density at radius 3 is 2.47 bits per heavy atom. The molecule has 8 heteroatoms. The first-order chi connectivity index (χ1) is 14.5. The summed E-state index contributed by atoms with van der Waals surface area (Å²) in [4.78, 5) is 27.1. The number of carbonyl (C=O) groups excluding carboxylic acids is 1. The van der Waals surface area contributed by atoms with Crippen molar-refractivity contribution in [2.75, 3.05) is 20.2 Å². The van der Waals surface area contributed by atoms with E-state index in [0.29, 0.717) is 37.3 Å². The number of ether oxygens (including phenoxy) is 1. The zero-order valence-electron chi connectivity index (χ0n) is 16.9. The second-order valence-electron chi connectivity index (χ2n) is 7.35. The molecule has 2 aromatic carbocycles. The minimum atomic E-state index is -0.557. The number of para-hydroxylation sites is 1. The van der Waals surface area contributed by atoms with Crippen LogP contribution >= 0.6 is 0 Å². The Morgan fingerprint density at radius 2 is 1.83 bits per heavy atom. The molecule has 0 radical (unpaired) electrons. The van der Waals surface area contributed by atoms with E-state index in [9.17, 15) is 14.0 Å². The van der Waals surface area contributed by atoms with Crippen molar-refractivity contribution in [2.24, 2.45) is 7.05 Å². The molecule has 1 aromatic heterocycles. The monoisotopic (exact) mass is 410 g/mol. The third-order valence-corrected chi connectivity index (χ3v) is 5.51. The van der Waals surface area contributed by atoms with Gasteiger partial charge in [-0.3, -0.25) is 4.79 Å². The molecule has 2 heterocycles. The second-order valence-corrected chi connectivity index (χ2v) is 7.35. The zero-order valence-corrected chi connectivity index (χ0v) is 16.9. The number of benzene rings is 2. The highest BCUT2D eigenvalue weighted by Crippen LogP contribution is 2.29. The van der Waals surface area contributed by atoms with Crippen molar-refractivity contribution >= 4 is 5.91 Å². The van der Waals surface area contributed by atoms with Gasteiger partial charge in [0.2, 0.25) is 0 Å². The molecule has 7 nitrogen and oxygen atoms in total. The van der Waals surface area contributed by atoms with E-state index in [1.807, 2.05) is 30.3 Å². The van der Waals surface area contributed by atoms with Crippen LogP contribution < -0.4 is 10.4 Å². The van der Waals surface area contributed by atoms with Gasteiger partial charge in [0.25, 0.3) is 5.91 Å². The number of hydrogen-bond acceptors (Lipinski definition) is 4. The predicted octanol–water partition coefficient (Wildman–Crippen LogP) is 2.74. The molecule has 30 heavy (non-hydrogen) atoms. The fraction of sp³-hybridized carbons (Fsp3) is 0.318. The quantitative estimate of drug-likeness (QED) is 0.663. The average Bonchev–Trinajstić information content (AvgIpc) is 3.08. The number of amides is 1. The molecule has 0 N–H and O–H groups in total. The van der Waals surface area contributed by atoms with Crippen LogP contribution in [-0.2, 0) is 7.05 Å². The van der Waals surface area contributed by atoms with Crippen LogP contribution in [0.1, 0.15) is 34.9 Å². The van der Waals surface area contributed by atoms with Gasteiger partial charge in [-0.1, -0.05) is 18.2 Å². The minimum absolute atomic E-state index is 0.0516. The average molecular weight is 410 g/mol. The lowest BCUT2D eigenvalue weighted by molar-refractivity contribution is 0.0710. The van der Waals surface area contributed by atoms with Crippen LogP contribution in [0.3, 0.4) is 0 Å². The molecule has 0 aliphatic carbocycles. The van der Waals surface area contributed by atoms with E-state index >= 15 is 0 Å². The maximum Gasteiger partial charge on any atom is 0.350 e. The number of halogens is 1. The summed E-state index contributed by atoms with van der Waals surface area (Å²) in [6, 6.07) is 13.7. The van der Waals surface area contributed by atoms with Gasteiger partial charge in [-0.05, 0) is 43.2 Å². The second kappa shape index (κ2) is 8.14. The summed E-state index contributed by atoms with van der Waals surface area (Å²) in [7, 11) is 3.03. The molecule has 1 fully saturated rings. The van der Waals surface area contributed by atoms with Crippen molar-refractivity contribution in [3.63, 3.8) is 0 Å². The summed E-state index contributed by atoms with van der Waals surface area (Å²) in [5.41, 5.74) is 0.881. The third kappa shape index (κ3) is 3.60. The molecular formula is C22H23FN4O3. The standard InChI is InChI=1S/C22H23FN4O3/c1-25-22(29)27(17-6-4-3-5-7-17)20(24-25)15-10-12-26(13-11-15)21(28)16-8-9-19(30-2)18(23)14-16/h3-9,14-15H,10-13H2,1-2H3. The van der Waals surface area contributed by atoms with Gasteiger partial charge in [0, 0.05) is 31.6 Å². The van der Waals surface area contributed by atoms with Gasteiger partial charge in [-0.25, -0.2) is 18.4 Å². The molecule has 0 atom stereocenters. The maximum absolute atomic E-state index is 14.0. The molecule has 1 aliphatic rings. The SMILES string of the molecule is COc1ccc(C(=O)N2CCC(c3nn(C)c(=O)n3-c3ccccc3)CC2)cc1F. The Labute approximate surface area is 173 Å². The van der Waals surface area contributed by atoms with E-state index < -0.39 is 5.82 Å². The van der Waals surface area contributed by atoms with Gasteiger partial charge in [0.05, 0.1) is 12.8 Å². The van der Waals surface area contributed by atoms with Crippen molar-refractivity contribution in [1.29, 1.82) is 0 Å². The zero-order chi connectivity index (χ0) is 21.3. The molecule has 0 spiro atoms. The number of likely N-dealkylation sites (tertiary alicyclic amines) is 1. The first kappa shape index (κ1) is 19.9. The fourth-order valence-electron chi connectivity index (χ4n) is 3.89. The Morgan fingerprint density at radius 1 is 1.13 bits per heavy atom. The van der Waals surface area contributed by atoms with Crippen molar-refractivity contribution in [1.82, 2.24) is 19.2 Å². The Balaban J connectivity index is 1.52. The fourth-order valence-corrected chi connectivity index (χ4v) is 3.89. The summed E-state index contributed by atoms with van der Waals surface area (Å²) in [6.45, 7) is 1.02. The Kier molecular flexibility index (Phi) is 5.39. The van der Waals surface area contributed by atoms with Crippen LogP contribution in [0.5, 0.6) is 5.75 Å². The molecule has 0 unspecified atom stereocenters. The summed E-state index contributed by atoms with van der Waals surface area (Å²) < 4.78 is 21.9. The van der Waals surface area contributed by atoms with Gasteiger partial charge in [0.15, 0.2) is 11.6 Å². The molecule has 1 aliphatic heterocycles. The summed E-state index contributed by atoms with van der Waals surface area (Å²) in [5.74, 6) is 0.0985. The van der Waals surface area contributed by atoms with Gasteiger partial charge in [-0.2, -0.15) is 5.10 Å². The lowest BCUT2D eigenvalue weighted by atomic mass is 9.95. The number of hydrogen-bond donors (Lipinski definition) is 0. The van der Waals surface area contributed by atoms with Crippen molar-refractivity contribution in [2.45, 2.75) is 18.8 Å². The molecule has 1 amide bonds. The smallest absolute Gasteiger partial charge is 0.350 e. The van der Waals surface area contributed by atoms with Gasteiger partial charge < -0.3 is 9.64 Å². The van der Waals surface area contributed by atoms with E-state index in [1.54, 1.807) is 22.6 Å². The van der Waals surface area contributed by atoms with Crippen molar-refractivity contribution in [3.05, 3.63) is 76.2 Å². The summed E-state index contributed by atoms with van der Waals surface area (Å²) >= 11 is 0. The van der Waals surface area contributed by atoms with E-state index in [-0.39, 0.29) is 23.3 Å². The summed E-state index contributed by atoms with van der Waals surface area (Å²) in [6.07, 6.45) is 1.35. The molecule has 0 bridgehead atoms. The number of aryl methyl sites for hydroxylation is 1. The first-order valence-electron chi connectivity index (χ1n) is 9.83. The third-order valence-electron chi connectivity index (χ3n) is 5.51. The summed E-state index contributed by atoms with van der Waals surface area (Å²) in [5, 5.41) is 4.47. The molecule has 0 saturated carbocycles. The van der Waals surface area contributed by atoms with Crippen LogP contribution in [0.2, 0.25) is 0 Å². The van der Waals surface area contributed by atoms with Gasteiger partial charge in [0.1, 0.15) is 5.82 Å². The molecule has 3 aromatic rings. The number of rotatable bonds is 4. The van der Waals surface area contributed by atoms with Gasteiger partial charge in [-0.15, -0.1) is 0 Å². The minimum Gasteiger partial charge on any atom is -0.494 e. The molecular weight excluding hydrogens is 387 g/mol. The maximum atomic E-state index is 14.0. The molecule has 1 saturated heterocycles. The highest BCUT2D eigenvalue weighted by Gasteiger charge is 2.29. The lowest BCUT2D eigenvalue weighted by Crippen LogP contribution is -2.38. The Bertz CT molecular complexity index is 1120. The highest BCUT2D eigenvalue weighted by molar-refractivity contribution is 5.94. The largest absolute Gasteiger partial charge is 0.494 e. The van der Waals surface area contributed by atoms with Crippen LogP contribution in [0.25, 0.3) is 5.69 Å². The van der Waals surface area contributed by atoms with E-state index in [2.05, 4.69) is 5.10 Å². The van der Waals surface area contributed by atoms with Crippen molar-refractivity contribution in [3.8, 4) is 11.4 Å². The first-order valence-corrected chi connectivity index (χ1v) is 9.83. The Hall–Kier alpha value is -3.42. The number of piperidine rings is 1. The van der Waals surface area contributed by atoms with Crippen LogP contribution in [0.4, 0.5) is 4.39 Å². The predicted molar refractivity (Wildman–Crippen MR) is 110 cm³/mol. The normalized spacial score (nSPS) is 14.7. The number of methoxy groups -OCH3 is 1. The number of aromatic nitrogens is 3. The molecule has 4 rings (SSSR count). The topological polar surface area (TPSA) is 69.4 Å². The highest BCUT2D eigenvalue weighted by atomic mass is 19.1. The number of carbonyl (C=O) groups is 1. The van der Waals surface area contributed by atoms with Crippen LogP contribution in [0.15, 0.2) is 53.3 Å². The number of nitrogens with zero attached hydrogens (tertiary/aromatic N) is 4. The van der Waals surface area contributed by atoms with E-state index in [0.717, 1.165) is 5.69 Å². The van der Waals surface area contributed by atoms with E-state index in [1.165, 1.54) is 23.9 Å². The molecule has 156 valence electrons. The van der Waals surface area contributed by atoms with Crippen molar-refractivity contribution < 1.29 is 13.9 Å².